The summed E-state index contributed by atoms with van der Waals surface area (Å²) in [5.41, 5.74) is -5.41. The second kappa shape index (κ2) is 25.9. The monoisotopic (exact) mass is 1050 g/mol. The molecule has 2 aliphatic heterocycles. The van der Waals surface area contributed by atoms with Crippen LogP contribution in [0.5, 0.6) is 0 Å². The molecule has 0 aromatic heterocycles. The molecule has 28 heteroatoms. The van der Waals surface area contributed by atoms with Crippen molar-refractivity contribution in [1.29, 1.82) is 0 Å². The summed E-state index contributed by atoms with van der Waals surface area (Å²) in [6.45, 7) is -3.61. The molecule has 0 aromatic carbocycles. The molecular weight excluding hydrogens is 980 g/mol. The number of methoxy groups -OCH3 is 3. The zero-order valence-electron chi connectivity index (χ0n) is 40.6. The van der Waals surface area contributed by atoms with Crippen LogP contribution in [0.1, 0.15) is 57.8 Å². The minimum absolute atomic E-state index is 0.0167. The lowest BCUT2D eigenvalue weighted by atomic mass is 9.85. The highest BCUT2D eigenvalue weighted by molar-refractivity contribution is 5.97. The van der Waals surface area contributed by atoms with Crippen molar-refractivity contribution in [2.75, 3.05) is 67.5 Å². The molecule has 2 saturated heterocycles. The fourth-order valence-corrected chi connectivity index (χ4v) is 9.22. The van der Waals surface area contributed by atoms with Gasteiger partial charge in [0.1, 0.15) is 77.7 Å². The van der Waals surface area contributed by atoms with Crippen molar-refractivity contribution in [2.45, 2.75) is 148 Å². The lowest BCUT2D eigenvalue weighted by molar-refractivity contribution is -0.359. The van der Waals surface area contributed by atoms with Crippen LogP contribution >= 0.6 is 0 Å². The Kier molecular flexibility index (Phi) is 21.0. The Morgan fingerprint density at radius 2 is 1.33 bits per heavy atom. The van der Waals surface area contributed by atoms with Gasteiger partial charge in [-0.25, -0.2) is 9.59 Å². The topological polar surface area (TPSA) is 444 Å². The first-order valence-electron chi connectivity index (χ1n) is 23.5. The highest BCUT2D eigenvalue weighted by Gasteiger charge is 2.51. The summed E-state index contributed by atoms with van der Waals surface area (Å²) < 4.78 is 39.0. The van der Waals surface area contributed by atoms with Gasteiger partial charge in [0, 0.05) is 58.0 Å². The van der Waals surface area contributed by atoms with E-state index in [-0.39, 0.29) is 92.4 Å². The Morgan fingerprint density at radius 1 is 0.767 bits per heavy atom. The fraction of sp³-hybridized carbons (Fsp3) is 0.756. The molecule has 0 spiro atoms. The molecule has 0 radical (unpaired) electrons. The van der Waals surface area contributed by atoms with E-state index in [1.54, 1.807) is 0 Å². The summed E-state index contributed by atoms with van der Waals surface area (Å²) in [6.07, 6.45) is -16.8. The van der Waals surface area contributed by atoms with Gasteiger partial charge in [-0.1, -0.05) is 0 Å². The summed E-state index contributed by atoms with van der Waals surface area (Å²) in [7, 11) is 3.75. The second-order valence-corrected chi connectivity index (χ2v) is 18.9. The van der Waals surface area contributed by atoms with Gasteiger partial charge in [-0.15, -0.1) is 0 Å². The van der Waals surface area contributed by atoms with Crippen molar-refractivity contribution in [1.82, 2.24) is 16.0 Å². The minimum Gasteiger partial charge on any atom is -0.491 e. The summed E-state index contributed by atoms with van der Waals surface area (Å²) in [5, 5.41) is 145. The van der Waals surface area contributed by atoms with Crippen molar-refractivity contribution in [3.05, 3.63) is 34.7 Å². The van der Waals surface area contributed by atoms with Gasteiger partial charge in [-0.3, -0.25) is 14.6 Å². The molecule has 5 aliphatic rings. The van der Waals surface area contributed by atoms with Crippen molar-refractivity contribution in [3.63, 3.8) is 0 Å². The number of aliphatic carboxylic acids is 2. The third-order valence-electron chi connectivity index (χ3n) is 13.1. The molecule has 15 atom stereocenters. The van der Waals surface area contributed by atoms with Crippen LogP contribution in [0.25, 0.3) is 0 Å². The molecule has 28 nitrogen and oxygen atoms in total. The molecule has 3 aliphatic carbocycles. The summed E-state index contributed by atoms with van der Waals surface area (Å²) in [4.78, 5) is 54.9. The number of carbonyl (C=O) groups excluding carboxylic acids is 2. The number of carboxylic acid groups (broad SMARTS) is 2. The number of aliphatic imine (C=N–C) groups is 1. The average Bonchev–Trinajstić information content (AvgIpc) is 3.34. The largest absolute Gasteiger partial charge is 0.491 e. The number of Topliss-reactive ketones (excluding diaryl/α,β-unsaturated/α-hetero) is 2. The lowest BCUT2D eigenvalue weighted by Crippen LogP contribution is -2.63. The predicted octanol–water partition coefficient (Wildman–Crippen LogP) is -6.13. The van der Waals surface area contributed by atoms with Gasteiger partial charge in [0.05, 0.1) is 64.4 Å². The third-order valence-corrected chi connectivity index (χ3v) is 13.1. The van der Waals surface area contributed by atoms with Crippen molar-refractivity contribution < 1.29 is 119 Å². The van der Waals surface area contributed by atoms with E-state index in [2.05, 4.69) is 20.9 Å². The molecule has 5 rings (SSSR count). The highest BCUT2D eigenvalue weighted by atomic mass is 16.8. The van der Waals surface area contributed by atoms with Crippen LogP contribution in [-0.4, -0.2) is 253 Å². The van der Waals surface area contributed by atoms with Gasteiger partial charge in [-0.2, -0.15) is 0 Å². The van der Waals surface area contributed by atoms with Gasteiger partial charge in [0.15, 0.2) is 24.1 Å². The van der Waals surface area contributed by atoms with Crippen LogP contribution in [-0.2, 0) is 52.3 Å². The third kappa shape index (κ3) is 14.7. The van der Waals surface area contributed by atoms with Gasteiger partial charge in [-0.05, 0) is 31.8 Å². The van der Waals surface area contributed by atoms with E-state index in [1.165, 1.54) is 27.4 Å². The number of nitrogens with one attached hydrogen (secondary N) is 3. The van der Waals surface area contributed by atoms with Crippen molar-refractivity contribution in [3.8, 4) is 0 Å². The highest BCUT2D eigenvalue weighted by Crippen LogP contribution is 2.34. The number of hydrogen-bond acceptors (Lipinski definition) is 26. The summed E-state index contributed by atoms with van der Waals surface area (Å²) in [5.74, 6) is -4.32. The molecule has 2 fully saturated rings. The molecule has 16 N–H and O–H groups in total. The Labute approximate surface area is 418 Å². The first-order valence-corrected chi connectivity index (χ1v) is 23.5. The van der Waals surface area contributed by atoms with Crippen LogP contribution in [0.15, 0.2) is 39.7 Å². The molecule has 2 heterocycles. The summed E-state index contributed by atoms with van der Waals surface area (Å²) >= 11 is 0. The van der Waals surface area contributed by atoms with Gasteiger partial charge < -0.3 is 115 Å². The van der Waals surface area contributed by atoms with Crippen molar-refractivity contribution >= 4 is 29.2 Å². The van der Waals surface area contributed by atoms with Gasteiger partial charge in [0.25, 0.3) is 0 Å². The van der Waals surface area contributed by atoms with Crippen molar-refractivity contribution in [2.24, 2.45) is 4.99 Å². The van der Waals surface area contributed by atoms with E-state index < -0.39 is 160 Å². The minimum atomic E-state index is -2.04. The van der Waals surface area contributed by atoms with E-state index in [0.717, 1.165) is 0 Å². The van der Waals surface area contributed by atoms with Crippen LogP contribution in [0.3, 0.4) is 0 Å². The molecule has 15 unspecified atom stereocenters. The maximum atomic E-state index is 12.7. The Morgan fingerprint density at radius 3 is 1.84 bits per heavy atom. The van der Waals surface area contributed by atoms with E-state index in [0.29, 0.717) is 0 Å². The maximum absolute atomic E-state index is 12.7. The number of nitrogens with zero attached hydrogens (tertiary/aromatic N) is 1. The zero-order chi connectivity index (χ0) is 54.0. The number of ketones is 2. The molecule has 0 aromatic rings. The fourth-order valence-electron chi connectivity index (χ4n) is 9.22. The standard InChI is InChI=1S/C45H70N4O24/c1-67-35-23(46-8-4-6-21(39(60)61)48-25-12-43(64,18-51)14-27(53)36(25)68-2)10-45(66,20-71-42-38(33(58)32(57)30(16-50)72-42)73-41-34(59)31(56)29(55)17-70-41)11-24(35)47-9-5-7-22(40(62)63)49-26-13-44(65,19-52)15-28(54)37(26)69-3/h10,21-22,29-35,38,41-42,46,48-52,55-59,64-66H,4-9,11-20H2,1-3H3,(H,60,61)(H,62,63). The van der Waals surface area contributed by atoms with E-state index >= 15 is 0 Å². The SMILES string of the molecule is COC1=C(NC(CCCN=C2CC(O)(COC3OC(CO)C(O)C(O)C3OC3OCC(O)C(O)C3O)C=C(NCCCC(NC3=C(OC)C(=O)CC(O)(CO)C3)C(=O)O)C2OC)C(=O)O)CC(O)(CO)CC1=O. The zero-order valence-corrected chi connectivity index (χ0v) is 40.6. The smallest absolute Gasteiger partial charge is 0.326 e. The normalized spacial score (nSPS) is 35.6. The van der Waals surface area contributed by atoms with E-state index in [1.807, 2.05) is 0 Å². The lowest BCUT2D eigenvalue weighted by Gasteiger charge is -2.45. The first-order chi connectivity index (χ1) is 34.5. The molecule has 0 bridgehead atoms. The van der Waals surface area contributed by atoms with E-state index in [9.17, 15) is 85.6 Å². The Balaban J connectivity index is 1.37. The van der Waals surface area contributed by atoms with Crippen LogP contribution in [0, 0.1) is 0 Å². The molecule has 73 heavy (non-hydrogen) atoms. The van der Waals surface area contributed by atoms with E-state index in [4.69, 9.17) is 33.2 Å². The number of carboxylic acids is 2. The molecule has 0 saturated carbocycles. The predicted molar refractivity (Wildman–Crippen MR) is 243 cm³/mol. The average molecular weight is 1050 g/mol. The number of hydrogen-bond donors (Lipinski definition) is 16. The van der Waals surface area contributed by atoms with Gasteiger partial charge in [0.2, 0.25) is 11.6 Å². The second-order valence-electron chi connectivity index (χ2n) is 18.9. The number of allylic oxidation sites excluding steroid dienone is 2. The number of ether oxygens (including phenoxy) is 7. The van der Waals surface area contributed by atoms with Crippen LogP contribution < -0.4 is 16.0 Å². The van der Waals surface area contributed by atoms with Crippen LogP contribution in [0.4, 0.5) is 0 Å². The molecule has 0 amide bonds. The van der Waals surface area contributed by atoms with Crippen LogP contribution in [0.2, 0.25) is 0 Å². The Bertz CT molecular complexity index is 2070. The van der Waals surface area contributed by atoms with Gasteiger partial charge >= 0.3 is 11.9 Å². The molecular formula is C45H70N4O24. The Hall–Kier alpha value is -4.47. The quantitative estimate of drug-likeness (QED) is 0.0359. The number of aliphatic hydroxyl groups excluding tert-OH is 8. The number of carbonyl (C=O) groups is 4. The maximum Gasteiger partial charge on any atom is 0.326 e. The first kappa shape index (κ1) is 59.4. The summed E-state index contributed by atoms with van der Waals surface area (Å²) in [6, 6.07) is -2.66. The number of rotatable bonds is 26. The molecule has 414 valence electrons. The number of aliphatic hydroxyl groups is 11.